The second-order valence-electron chi connectivity index (χ2n) is 6.70. The van der Waals surface area contributed by atoms with Crippen LogP contribution in [0.3, 0.4) is 0 Å². The molecule has 0 atom stereocenters. The van der Waals surface area contributed by atoms with Crippen LogP contribution in [0, 0.1) is 0 Å². The van der Waals surface area contributed by atoms with Crippen LogP contribution in [-0.4, -0.2) is 21.0 Å². The van der Waals surface area contributed by atoms with Crippen molar-refractivity contribution in [1.29, 1.82) is 0 Å². The van der Waals surface area contributed by atoms with E-state index in [0.29, 0.717) is 33.5 Å². The summed E-state index contributed by atoms with van der Waals surface area (Å²) >= 11 is 12.2. The summed E-state index contributed by atoms with van der Waals surface area (Å²) in [6.45, 7) is 0. The Kier molecular flexibility index (Phi) is 5.78. The second kappa shape index (κ2) is 8.63. The quantitative estimate of drug-likeness (QED) is 0.453. The van der Waals surface area contributed by atoms with E-state index in [2.05, 4.69) is 31.1 Å². The first-order chi connectivity index (χ1) is 13.7. The molecule has 0 spiro atoms. The molecular formula is C20H20Cl2N6. The van der Waals surface area contributed by atoms with Gasteiger partial charge in [-0.1, -0.05) is 36.0 Å². The normalized spacial score (nSPS) is 14.1. The molecule has 0 amide bonds. The zero-order valence-corrected chi connectivity index (χ0v) is 16.6. The van der Waals surface area contributed by atoms with Crippen LogP contribution in [-0.2, 0) is 0 Å². The monoisotopic (exact) mass is 414 g/mol. The van der Waals surface area contributed by atoms with Crippen LogP contribution in [0.25, 0.3) is 11.3 Å². The molecule has 0 bridgehead atoms. The van der Waals surface area contributed by atoms with Crippen LogP contribution in [0.5, 0.6) is 0 Å². The fourth-order valence-corrected chi connectivity index (χ4v) is 3.67. The number of hydrazine groups is 1. The minimum Gasteiger partial charge on any atom is -0.351 e. The van der Waals surface area contributed by atoms with Gasteiger partial charge in [-0.3, -0.25) is 15.8 Å². The molecule has 144 valence electrons. The largest absolute Gasteiger partial charge is 0.351 e. The number of halogens is 2. The highest BCUT2D eigenvalue weighted by Gasteiger charge is 2.17. The maximum absolute atomic E-state index is 6.23. The SMILES string of the molecule is Clc1ccc(NNc2cc(-c3cccnc3)nc(NC3CCCC3)n2)c(Cl)c1. The average Bonchev–Trinajstić information content (AvgIpc) is 3.21. The fraction of sp³-hybridized carbons (Fsp3) is 0.250. The molecule has 2 aromatic heterocycles. The Bertz CT molecular complexity index is 945. The molecule has 8 heteroatoms. The van der Waals surface area contributed by atoms with Crippen LogP contribution < -0.4 is 16.2 Å². The smallest absolute Gasteiger partial charge is 0.225 e. The van der Waals surface area contributed by atoms with Crippen molar-refractivity contribution in [3.8, 4) is 11.3 Å². The van der Waals surface area contributed by atoms with Crippen LogP contribution in [0.4, 0.5) is 17.5 Å². The number of benzene rings is 1. The van der Waals surface area contributed by atoms with Crippen LogP contribution in [0.1, 0.15) is 25.7 Å². The maximum Gasteiger partial charge on any atom is 0.225 e. The van der Waals surface area contributed by atoms with Crippen molar-refractivity contribution in [3.63, 3.8) is 0 Å². The Morgan fingerprint density at radius 1 is 0.964 bits per heavy atom. The third-order valence-electron chi connectivity index (χ3n) is 4.63. The summed E-state index contributed by atoms with van der Waals surface area (Å²) in [5, 5.41) is 4.56. The summed E-state index contributed by atoms with van der Waals surface area (Å²) in [5.74, 6) is 1.22. The van der Waals surface area contributed by atoms with Crippen molar-refractivity contribution >= 4 is 40.7 Å². The molecule has 28 heavy (non-hydrogen) atoms. The summed E-state index contributed by atoms with van der Waals surface area (Å²) in [7, 11) is 0. The van der Waals surface area contributed by atoms with Crippen molar-refractivity contribution in [1.82, 2.24) is 15.0 Å². The molecule has 0 radical (unpaired) electrons. The Morgan fingerprint density at radius 2 is 1.82 bits per heavy atom. The Balaban J connectivity index is 1.59. The Hall–Kier alpha value is -2.57. The zero-order chi connectivity index (χ0) is 19.3. The van der Waals surface area contributed by atoms with Gasteiger partial charge in [0, 0.05) is 35.1 Å². The Labute approximate surface area is 173 Å². The molecule has 1 aromatic carbocycles. The number of hydrogen-bond donors (Lipinski definition) is 3. The average molecular weight is 415 g/mol. The lowest BCUT2D eigenvalue weighted by molar-refractivity contribution is 0.744. The number of hydrogen-bond acceptors (Lipinski definition) is 6. The standard InChI is InChI=1S/C20H20Cl2N6/c21-14-7-8-17(16(22)10-14)27-28-19-11-18(13-4-3-9-23-12-13)25-20(26-19)24-15-5-1-2-6-15/h3-4,7-12,15,27H,1-2,5-6H2,(H2,24,25,26,28). The van der Waals surface area contributed by atoms with Crippen molar-refractivity contribution in [2.75, 3.05) is 16.2 Å². The van der Waals surface area contributed by atoms with Crippen molar-refractivity contribution < 1.29 is 0 Å². The Morgan fingerprint density at radius 3 is 2.57 bits per heavy atom. The third kappa shape index (κ3) is 4.64. The van der Waals surface area contributed by atoms with Gasteiger partial charge in [0.15, 0.2) is 5.82 Å². The number of nitrogens with zero attached hydrogens (tertiary/aromatic N) is 3. The summed E-state index contributed by atoms with van der Waals surface area (Å²) in [6, 6.07) is 11.4. The summed E-state index contributed by atoms with van der Waals surface area (Å²) in [4.78, 5) is 13.5. The second-order valence-corrected chi connectivity index (χ2v) is 7.55. The van der Waals surface area contributed by atoms with Crippen molar-refractivity contribution in [3.05, 3.63) is 58.8 Å². The molecule has 1 aliphatic carbocycles. The van der Waals surface area contributed by atoms with Gasteiger partial charge in [0.1, 0.15) is 0 Å². The first kappa shape index (κ1) is 18.8. The fourth-order valence-electron chi connectivity index (χ4n) is 3.21. The predicted molar refractivity (Wildman–Crippen MR) is 115 cm³/mol. The minimum atomic E-state index is 0.413. The van der Waals surface area contributed by atoms with Crippen molar-refractivity contribution in [2.24, 2.45) is 0 Å². The van der Waals surface area contributed by atoms with Gasteiger partial charge in [0.05, 0.1) is 16.4 Å². The van der Waals surface area contributed by atoms with Gasteiger partial charge in [-0.2, -0.15) is 4.98 Å². The van der Waals surface area contributed by atoms with Gasteiger partial charge in [0.2, 0.25) is 5.95 Å². The lowest BCUT2D eigenvalue weighted by atomic mass is 10.2. The molecule has 1 aliphatic rings. The molecule has 6 nitrogen and oxygen atoms in total. The number of nitrogens with one attached hydrogen (secondary N) is 3. The lowest BCUT2D eigenvalue weighted by Crippen LogP contribution is -2.18. The van der Waals surface area contributed by atoms with Crippen LogP contribution in [0.15, 0.2) is 48.8 Å². The van der Waals surface area contributed by atoms with Gasteiger partial charge in [0.25, 0.3) is 0 Å². The van der Waals surface area contributed by atoms with Gasteiger partial charge in [-0.15, -0.1) is 0 Å². The third-order valence-corrected chi connectivity index (χ3v) is 5.18. The topological polar surface area (TPSA) is 74.8 Å². The highest BCUT2D eigenvalue weighted by molar-refractivity contribution is 6.36. The molecular weight excluding hydrogens is 395 g/mol. The predicted octanol–water partition coefficient (Wildman–Crippen LogP) is 5.64. The van der Waals surface area contributed by atoms with E-state index >= 15 is 0 Å². The summed E-state index contributed by atoms with van der Waals surface area (Å²) in [6.07, 6.45) is 8.29. The molecule has 0 unspecified atom stereocenters. The number of rotatable bonds is 6. The number of aromatic nitrogens is 3. The van der Waals surface area contributed by atoms with Crippen LogP contribution >= 0.6 is 23.2 Å². The van der Waals surface area contributed by atoms with Gasteiger partial charge >= 0.3 is 0 Å². The van der Waals surface area contributed by atoms with E-state index in [-0.39, 0.29) is 0 Å². The van der Waals surface area contributed by atoms with E-state index in [1.54, 1.807) is 30.6 Å². The molecule has 0 saturated heterocycles. The molecule has 3 aromatic rings. The van der Waals surface area contributed by atoms with Gasteiger partial charge in [-0.25, -0.2) is 4.98 Å². The maximum atomic E-state index is 6.23. The van der Waals surface area contributed by atoms with Gasteiger partial charge < -0.3 is 5.32 Å². The summed E-state index contributed by atoms with van der Waals surface area (Å²) < 4.78 is 0. The molecule has 1 saturated carbocycles. The highest BCUT2D eigenvalue weighted by Crippen LogP contribution is 2.27. The van der Waals surface area contributed by atoms with E-state index in [1.807, 2.05) is 18.2 Å². The van der Waals surface area contributed by atoms with Crippen LogP contribution in [0.2, 0.25) is 10.0 Å². The number of pyridine rings is 1. The molecule has 3 N–H and O–H groups in total. The molecule has 4 rings (SSSR count). The first-order valence-corrected chi connectivity index (χ1v) is 9.96. The number of anilines is 3. The highest BCUT2D eigenvalue weighted by atomic mass is 35.5. The van der Waals surface area contributed by atoms with Gasteiger partial charge in [-0.05, 0) is 43.2 Å². The zero-order valence-electron chi connectivity index (χ0n) is 15.1. The molecule has 0 aliphatic heterocycles. The minimum absolute atomic E-state index is 0.413. The van der Waals surface area contributed by atoms with Crippen molar-refractivity contribution in [2.45, 2.75) is 31.7 Å². The van der Waals surface area contributed by atoms with E-state index in [9.17, 15) is 0 Å². The molecule has 2 heterocycles. The first-order valence-electron chi connectivity index (χ1n) is 9.20. The van der Waals surface area contributed by atoms with E-state index in [0.717, 1.165) is 24.1 Å². The summed E-state index contributed by atoms with van der Waals surface area (Å²) in [5.41, 5.74) is 8.61. The van der Waals surface area contributed by atoms with E-state index in [1.165, 1.54) is 12.8 Å². The lowest BCUT2D eigenvalue weighted by Gasteiger charge is -2.16. The van der Waals surface area contributed by atoms with E-state index < -0.39 is 0 Å². The van der Waals surface area contributed by atoms with E-state index in [4.69, 9.17) is 23.2 Å². The molecule has 1 fully saturated rings.